The maximum Gasteiger partial charge on any atom is 0.310 e. The maximum absolute atomic E-state index is 12.1. The Bertz CT molecular complexity index is 490. The molecular formula is C15H18O4. The van der Waals surface area contributed by atoms with Crippen LogP contribution in [0.1, 0.15) is 6.92 Å². The summed E-state index contributed by atoms with van der Waals surface area (Å²) < 4.78 is 9.81. The third kappa shape index (κ3) is 1.52. The first-order valence-electron chi connectivity index (χ1n) is 6.62. The Balaban J connectivity index is 2.01. The van der Waals surface area contributed by atoms with E-state index in [1.165, 1.54) is 19.8 Å². The lowest BCUT2D eigenvalue weighted by molar-refractivity contribution is -0.168. The van der Waals surface area contributed by atoms with E-state index in [9.17, 15) is 9.59 Å². The SMILES string of the molecule is COC(=O)C1C2C=CC(C3C(C)=CC23)C1C(=O)OC. The highest BCUT2D eigenvalue weighted by Gasteiger charge is 2.59. The maximum atomic E-state index is 12.1. The van der Waals surface area contributed by atoms with Gasteiger partial charge in [-0.1, -0.05) is 23.8 Å². The number of ether oxygens (including phenoxy) is 2. The Labute approximate surface area is 112 Å². The van der Waals surface area contributed by atoms with Crippen molar-refractivity contribution in [1.29, 1.82) is 0 Å². The molecule has 0 saturated heterocycles. The van der Waals surface area contributed by atoms with Gasteiger partial charge in [0.15, 0.2) is 0 Å². The summed E-state index contributed by atoms with van der Waals surface area (Å²) in [5.41, 5.74) is 1.32. The number of methoxy groups -OCH3 is 2. The van der Waals surface area contributed by atoms with Crippen LogP contribution in [0.15, 0.2) is 23.8 Å². The van der Waals surface area contributed by atoms with E-state index in [1.54, 1.807) is 0 Å². The summed E-state index contributed by atoms with van der Waals surface area (Å²) in [5, 5.41) is 0. The van der Waals surface area contributed by atoms with Crippen LogP contribution in [0.3, 0.4) is 0 Å². The van der Waals surface area contributed by atoms with Crippen LogP contribution in [-0.4, -0.2) is 26.2 Å². The number of hydrogen-bond acceptors (Lipinski definition) is 4. The first kappa shape index (κ1) is 12.5. The predicted molar refractivity (Wildman–Crippen MR) is 67.9 cm³/mol. The van der Waals surface area contributed by atoms with Crippen LogP contribution >= 0.6 is 0 Å². The van der Waals surface area contributed by atoms with Gasteiger partial charge in [0, 0.05) is 0 Å². The number of hydrogen-bond donors (Lipinski definition) is 0. The van der Waals surface area contributed by atoms with E-state index in [4.69, 9.17) is 9.47 Å². The van der Waals surface area contributed by atoms with Crippen molar-refractivity contribution in [2.45, 2.75) is 6.92 Å². The number of carbonyl (C=O) groups excluding carboxylic acids is 2. The van der Waals surface area contributed by atoms with E-state index in [0.717, 1.165) is 0 Å². The lowest BCUT2D eigenvalue weighted by Gasteiger charge is -2.55. The Hall–Kier alpha value is -1.58. The van der Waals surface area contributed by atoms with E-state index in [-0.39, 0.29) is 23.8 Å². The third-order valence-electron chi connectivity index (χ3n) is 4.97. The number of allylic oxidation sites excluding steroid dienone is 4. The first-order chi connectivity index (χ1) is 9.10. The minimum Gasteiger partial charge on any atom is -0.469 e. The van der Waals surface area contributed by atoms with Crippen molar-refractivity contribution in [3.8, 4) is 0 Å². The largest absolute Gasteiger partial charge is 0.469 e. The van der Waals surface area contributed by atoms with Gasteiger partial charge >= 0.3 is 11.9 Å². The molecule has 4 aliphatic rings. The number of esters is 2. The second-order valence-electron chi connectivity index (χ2n) is 5.65. The van der Waals surface area contributed by atoms with Gasteiger partial charge in [0.25, 0.3) is 0 Å². The normalized spacial score (nSPS) is 41.9. The van der Waals surface area contributed by atoms with E-state index in [0.29, 0.717) is 11.8 Å². The van der Waals surface area contributed by atoms with E-state index in [2.05, 4.69) is 25.2 Å². The molecule has 0 amide bonds. The molecule has 0 N–H and O–H groups in total. The predicted octanol–water partition coefficient (Wildman–Crippen LogP) is 1.57. The van der Waals surface area contributed by atoms with Crippen molar-refractivity contribution in [2.24, 2.45) is 35.5 Å². The number of rotatable bonds is 2. The summed E-state index contributed by atoms with van der Waals surface area (Å²) in [6.45, 7) is 2.09. The van der Waals surface area contributed by atoms with Gasteiger partial charge in [-0.3, -0.25) is 9.59 Å². The Morgan fingerprint density at radius 1 is 0.947 bits per heavy atom. The standard InChI is InChI=1S/C15H18O4/c1-7-6-10-8-4-5-9(11(7)10)13(15(17)19-3)12(8)14(16)18-2/h4-6,8-13H,1-3H3. The van der Waals surface area contributed by atoms with E-state index in [1.807, 2.05) is 0 Å². The average molecular weight is 262 g/mol. The molecule has 0 aromatic heterocycles. The zero-order valence-corrected chi connectivity index (χ0v) is 11.3. The molecule has 19 heavy (non-hydrogen) atoms. The summed E-state index contributed by atoms with van der Waals surface area (Å²) in [7, 11) is 2.76. The second-order valence-corrected chi connectivity index (χ2v) is 5.65. The molecule has 4 rings (SSSR count). The first-order valence-corrected chi connectivity index (χ1v) is 6.62. The fraction of sp³-hybridized carbons (Fsp3) is 0.600. The molecule has 0 spiro atoms. The topological polar surface area (TPSA) is 52.6 Å². The van der Waals surface area contributed by atoms with E-state index >= 15 is 0 Å². The molecule has 2 bridgehead atoms. The van der Waals surface area contributed by atoms with Crippen molar-refractivity contribution >= 4 is 11.9 Å². The monoisotopic (exact) mass is 262 g/mol. The molecule has 4 aliphatic carbocycles. The highest BCUT2D eigenvalue weighted by Crippen LogP contribution is 2.59. The summed E-state index contributed by atoms with van der Waals surface area (Å²) in [6.07, 6.45) is 6.38. The summed E-state index contributed by atoms with van der Waals surface area (Å²) in [5.74, 6) is -0.513. The van der Waals surface area contributed by atoms with Gasteiger partial charge < -0.3 is 9.47 Å². The molecule has 1 saturated carbocycles. The van der Waals surface area contributed by atoms with Crippen LogP contribution in [0.2, 0.25) is 0 Å². The minimum atomic E-state index is -0.405. The molecule has 0 aromatic rings. The van der Waals surface area contributed by atoms with E-state index < -0.39 is 11.8 Å². The van der Waals surface area contributed by atoms with Gasteiger partial charge in [0.05, 0.1) is 26.1 Å². The second kappa shape index (κ2) is 4.22. The molecule has 0 aliphatic heterocycles. The molecule has 0 heterocycles. The van der Waals surface area contributed by atoms with Crippen LogP contribution in [0.25, 0.3) is 0 Å². The smallest absolute Gasteiger partial charge is 0.310 e. The van der Waals surface area contributed by atoms with Crippen molar-refractivity contribution in [2.75, 3.05) is 14.2 Å². The Morgan fingerprint density at radius 2 is 1.47 bits per heavy atom. The summed E-state index contributed by atoms with van der Waals surface area (Å²) in [6, 6.07) is 0. The van der Waals surface area contributed by atoms with Crippen LogP contribution in [-0.2, 0) is 19.1 Å². The van der Waals surface area contributed by atoms with Gasteiger partial charge in [-0.05, 0) is 30.6 Å². The Kier molecular flexibility index (Phi) is 2.77. The van der Waals surface area contributed by atoms with Gasteiger partial charge in [0.2, 0.25) is 0 Å². The Morgan fingerprint density at radius 3 is 2.00 bits per heavy atom. The van der Waals surface area contributed by atoms with Gasteiger partial charge in [0.1, 0.15) is 0 Å². The molecule has 6 unspecified atom stereocenters. The lowest BCUT2D eigenvalue weighted by atomic mass is 9.47. The minimum absolute atomic E-state index is 0.0650. The van der Waals surface area contributed by atoms with Crippen LogP contribution in [0.4, 0.5) is 0 Å². The van der Waals surface area contributed by atoms with Crippen molar-refractivity contribution < 1.29 is 19.1 Å². The van der Waals surface area contributed by atoms with Gasteiger partial charge in [-0.15, -0.1) is 0 Å². The zero-order valence-electron chi connectivity index (χ0n) is 11.3. The van der Waals surface area contributed by atoms with Gasteiger partial charge in [-0.25, -0.2) is 0 Å². The van der Waals surface area contributed by atoms with Gasteiger partial charge in [-0.2, -0.15) is 0 Å². The fourth-order valence-electron chi connectivity index (χ4n) is 4.18. The quantitative estimate of drug-likeness (QED) is 0.560. The highest BCUT2D eigenvalue weighted by molar-refractivity contribution is 5.84. The molecule has 6 atom stereocenters. The van der Waals surface area contributed by atoms with Crippen molar-refractivity contribution in [1.82, 2.24) is 0 Å². The summed E-state index contributed by atoms with van der Waals surface area (Å²) in [4.78, 5) is 24.1. The average Bonchev–Trinajstić information content (AvgIpc) is 2.42. The fourth-order valence-corrected chi connectivity index (χ4v) is 4.18. The molecule has 4 nitrogen and oxygen atoms in total. The molecule has 1 fully saturated rings. The number of fused-ring (bicyclic) bond motifs is 1. The molecule has 0 aromatic carbocycles. The molecule has 4 heteroatoms. The highest BCUT2D eigenvalue weighted by atomic mass is 16.5. The summed E-state index contributed by atoms with van der Waals surface area (Å²) >= 11 is 0. The molecule has 0 radical (unpaired) electrons. The zero-order chi connectivity index (χ0) is 13.7. The van der Waals surface area contributed by atoms with Crippen molar-refractivity contribution in [3.05, 3.63) is 23.8 Å². The van der Waals surface area contributed by atoms with Crippen LogP contribution in [0.5, 0.6) is 0 Å². The van der Waals surface area contributed by atoms with Crippen LogP contribution in [0, 0.1) is 35.5 Å². The number of carbonyl (C=O) groups is 2. The molecule has 102 valence electrons. The molecular weight excluding hydrogens is 244 g/mol. The van der Waals surface area contributed by atoms with Crippen LogP contribution < -0.4 is 0 Å². The lowest BCUT2D eigenvalue weighted by Crippen LogP contribution is -2.56. The third-order valence-corrected chi connectivity index (χ3v) is 4.97. The van der Waals surface area contributed by atoms with Crippen molar-refractivity contribution in [3.63, 3.8) is 0 Å².